The fraction of sp³-hybridized carbons (Fsp3) is 0.923. The molecule has 4 aliphatic carbocycles. The van der Waals surface area contributed by atoms with Crippen LogP contribution in [0.2, 0.25) is 0 Å². The van der Waals surface area contributed by atoms with Crippen molar-refractivity contribution in [2.24, 2.45) is 28.6 Å². The van der Waals surface area contributed by atoms with E-state index in [1.807, 2.05) is 0 Å². The molecule has 0 aromatic carbocycles. The van der Waals surface area contributed by atoms with E-state index in [4.69, 9.17) is 9.29 Å². The topological polar surface area (TPSA) is 80.7 Å². The molecule has 1 N–H and O–H groups in total. The van der Waals surface area contributed by atoms with Gasteiger partial charge < -0.3 is 4.74 Å². The molecule has 0 aromatic rings. The predicted molar refractivity (Wildman–Crippen MR) is 65.8 cm³/mol. The molecule has 4 saturated carbocycles. The van der Waals surface area contributed by atoms with Crippen molar-refractivity contribution in [3.63, 3.8) is 0 Å². The molecule has 0 saturated heterocycles. The molecule has 0 heterocycles. The van der Waals surface area contributed by atoms with Gasteiger partial charge in [-0.25, -0.2) is 0 Å². The van der Waals surface area contributed by atoms with Gasteiger partial charge in [-0.3, -0.25) is 9.35 Å². The van der Waals surface area contributed by atoms with Gasteiger partial charge in [0.25, 0.3) is 10.1 Å². The molecule has 5 nitrogen and oxygen atoms in total. The molecule has 106 valence electrons. The van der Waals surface area contributed by atoms with E-state index in [0.717, 1.165) is 24.7 Å². The van der Waals surface area contributed by atoms with Crippen molar-refractivity contribution in [3.8, 4) is 0 Å². The van der Waals surface area contributed by atoms with Crippen LogP contribution in [0, 0.1) is 28.6 Å². The van der Waals surface area contributed by atoms with E-state index in [1.54, 1.807) is 0 Å². The second-order valence-electron chi connectivity index (χ2n) is 6.95. The van der Waals surface area contributed by atoms with Crippen LogP contribution in [0.1, 0.15) is 32.1 Å². The molecule has 2 bridgehead atoms. The molecule has 6 heteroatoms. The zero-order valence-corrected chi connectivity index (χ0v) is 11.5. The molecule has 19 heavy (non-hydrogen) atoms. The Labute approximate surface area is 112 Å². The molecular weight excluding hydrogens is 268 g/mol. The minimum Gasteiger partial charge on any atom is -0.464 e. The van der Waals surface area contributed by atoms with Crippen LogP contribution >= 0.6 is 0 Å². The summed E-state index contributed by atoms with van der Waals surface area (Å²) in [5.41, 5.74) is -0.0906. The Morgan fingerprint density at radius 1 is 1.32 bits per heavy atom. The van der Waals surface area contributed by atoms with E-state index >= 15 is 0 Å². The molecule has 5 atom stereocenters. The van der Waals surface area contributed by atoms with Crippen LogP contribution in [0.25, 0.3) is 0 Å². The van der Waals surface area contributed by atoms with Crippen LogP contribution in [0.3, 0.4) is 0 Å². The molecule has 1 spiro atoms. The van der Waals surface area contributed by atoms with Crippen molar-refractivity contribution in [3.05, 3.63) is 0 Å². The van der Waals surface area contributed by atoms with Gasteiger partial charge >= 0.3 is 5.97 Å². The molecule has 0 radical (unpaired) electrons. The van der Waals surface area contributed by atoms with Gasteiger partial charge in [0.15, 0.2) is 0 Å². The summed E-state index contributed by atoms with van der Waals surface area (Å²) >= 11 is 0. The fourth-order valence-corrected chi connectivity index (χ4v) is 5.81. The second-order valence-corrected chi connectivity index (χ2v) is 8.52. The van der Waals surface area contributed by atoms with Gasteiger partial charge in [0.1, 0.15) is 12.4 Å². The minimum atomic E-state index is -4.05. The molecular formula is C13H18O5S. The molecule has 5 unspecified atom stereocenters. The largest absolute Gasteiger partial charge is 0.464 e. The number of carbonyl (C=O) groups excluding carboxylic acids is 1. The Morgan fingerprint density at radius 3 is 2.84 bits per heavy atom. The summed E-state index contributed by atoms with van der Waals surface area (Å²) in [6, 6.07) is 0. The van der Waals surface area contributed by atoms with Gasteiger partial charge in [0.2, 0.25) is 0 Å². The highest BCUT2D eigenvalue weighted by Crippen LogP contribution is 2.87. The number of rotatable bonds is 4. The quantitative estimate of drug-likeness (QED) is 0.621. The summed E-state index contributed by atoms with van der Waals surface area (Å²) in [7, 11) is -4.05. The third-order valence-corrected chi connectivity index (χ3v) is 6.86. The number of hydrogen-bond donors (Lipinski definition) is 1. The molecule has 0 amide bonds. The Bertz CT molecular complexity index is 555. The van der Waals surface area contributed by atoms with E-state index in [9.17, 15) is 13.2 Å². The first-order valence-corrected chi connectivity index (χ1v) is 8.60. The zero-order valence-electron chi connectivity index (χ0n) is 10.7. The van der Waals surface area contributed by atoms with Gasteiger partial charge in [0.05, 0.1) is 5.41 Å². The maximum Gasteiger partial charge on any atom is 0.312 e. The van der Waals surface area contributed by atoms with E-state index in [-0.39, 0.29) is 23.4 Å². The van der Waals surface area contributed by atoms with E-state index in [2.05, 4.69) is 0 Å². The van der Waals surface area contributed by atoms with Gasteiger partial charge in [-0.2, -0.15) is 8.42 Å². The highest BCUT2D eigenvalue weighted by atomic mass is 32.2. The number of carbonyl (C=O) groups is 1. The summed E-state index contributed by atoms with van der Waals surface area (Å²) < 4.78 is 35.0. The minimum absolute atomic E-state index is 0.208. The average Bonchev–Trinajstić information content (AvgIpc) is 2.89. The maximum atomic E-state index is 12.3. The summed E-state index contributed by atoms with van der Waals surface area (Å²) in [5.74, 6) is 1.51. The summed E-state index contributed by atoms with van der Waals surface area (Å²) in [6.07, 6.45) is 5.60. The molecule has 0 aromatic heterocycles. The van der Waals surface area contributed by atoms with E-state index < -0.39 is 15.9 Å². The van der Waals surface area contributed by atoms with Crippen LogP contribution in [0.15, 0.2) is 0 Å². The monoisotopic (exact) mass is 286 g/mol. The highest BCUT2D eigenvalue weighted by molar-refractivity contribution is 7.85. The number of ether oxygens (including phenoxy) is 1. The van der Waals surface area contributed by atoms with Gasteiger partial charge in [0, 0.05) is 0 Å². The third-order valence-electron chi connectivity index (χ3n) is 6.18. The Balaban J connectivity index is 1.45. The lowest BCUT2D eigenvalue weighted by molar-refractivity contribution is -0.156. The number of hydrogen-bond acceptors (Lipinski definition) is 4. The van der Waals surface area contributed by atoms with Crippen molar-refractivity contribution >= 4 is 16.1 Å². The highest BCUT2D eigenvalue weighted by Gasteiger charge is 2.84. The first kappa shape index (κ1) is 12.1. The lowest BCUT2D eigenvalue weighted by atomic mass is 9.58. The van der Waals surface area contributed by atoms with Gasteiger partial charge in [-0.1, -0.05) is 0 Å². The summed E-state index contributed by atoms with van der Waals surface area (Å²) in [4.78, 5) is 12.3. The van der Waals surface area contributed by atoms with Crippen LogP contribution < -0.4 is 0 Å². The van der Waals surface area contributed by atoms with Crippen LogP contribution in [0.5, 0.6) is 0 Å². The Kier molecular flexibility index (Phi) is 2.13. The lowest BCUT2D eigenvalue weighted by Crippen LogP contribution is -2.43. The second kappa shape index (κ2) is 3.34. The van der Waals surface area contributed by atoms with Crippen LogP contribution in [0.4, 0.5) is 0 Å². The third kappa shape index (κ3) is 1.44. The SMILES string of the molecule is O=C(OCCS(=O)(=O)O)C12CC3CC4CC1(C2)C4C3. The summed E-state index contributed by atoms with van der Waals surface area (Å²) in [6.45, 7) is -0.228. The van der Waals surface area contributed by atoms with Crippen molar-refractivity contribution in [2.75, 3.05) is 12.4 Å². The van der Waals surface area contributed by atoms with Gasteiger partial charge in [-0.05, 0) is 55.3 Å². The predicted octanol–water partition coefficient (Wildman–Crippen LogP) is 1.24. The van der Waals surface area contributed by atoms with E-state index in [1.165, 1.54) is 19.3 Å². The first-order valence-electron chi connectivity index (χ1n) is 6.99. The molecule has 0 aliphatic heterocycles. The number of fused-ring (bicyclic) bond motifs is 1. The fourth-order valence-electron chi connectivity index (χ4n) is 5.52. The molecule has 4 fully saturated rings. The van der Waals surface area contributed by atoms with Crippen molar-refractivity contribution in [2.45, 2.75) is 32.1 Å². The lowest BCUT2D eigenvalue weighted by Gasteiger charge is -2.45. The summed E-state index contributed by atoms with van der Waals surface area (Å²) in [5, 5.41) is 0. The van der Waals surface area contributed by atoms with Crippen LogP contribution in [-0.4, -0.2) is 31.3 Å². The Hall–Kier alpha value is -0.620. The zero-order chi connectivity index (χ0) is 13.5. The standard InChI is InChI=1S/C13H18O5S/c14-11(18-1-2-19(15,16)17)13-5-8-3-9-6-12(13,7-13)10(9)4-8/h8-10H,1-7H2,(H,15,16,17). The normalized spacial score (nSPS) is 49.2. The molecule has 4 aliphatic rings. The molecule has 4 rings (SSSR count). The smallest absolute Gasteiger partial charge is 0.312 e. The van der Waals surface area contributed by atoms with Crippen molar-refractivity contribution < 1.29 is 22.5 Å². The Morgan fingerprint density at radius 2 is 2.11 bits per heavy atom. The van der Waals surface area contributed by atoms with Crippen molar-refractivity contribution in [1.82, 2.24) is 0 Å². The van der Waals surface area contributed by atoms with Crippen LogP contribution in [-0.2, 0) is 19.6 Å². The van der Waals surface area contributed by atoms with Crippen molar-refractivity contribution in [1.29, 1.82) is 0 Å². The number of esters is 1. The first-order chi connectivity index (χ1) is 8.86. The average molecular weight is 286 g/mol. The maximum absolute atomic E-state index is 12.3. The van der Waals surface area contributed by atoms with Gasteiger partial charge in [-0.15, -0.1) is 0 Å². The van der Waals surface area contributed by atoms with E-state index in [0.29, 0.717) is 5.92 Å².